The van der Waals surface area contributed by atoms with Crippen molar-refractivity contribution in [3.05, 3.63) is 24.5 Å². The Hall–Kier alpha value is -1.73. The Kier molecular flexibility index (Phi) is 4.26. The molecular formula is C15H19N3O3S. The summed E-state index contributed by atoms with van der Waals surface area (Å²) in [5.74, 6) is 1.12. The molecular weight excluding hydrogens is 302 g/mol. The normalized spacial score (nSPS) is 19.2. The van der Waals surface area contributed by atoms with Gasteiger partial charge >= 0.3 is 0 Å². The van der Waals surface area contributed by atoms with E-state index in [1.54, 1.807) is 18.2 Å². The fourth-order valence-electron chi connectivity index (χ4n) is 2.62. The van der Waals surface area contributed by atoms with Gasteiger partial charge in [0.05, 0.1) is 17.0 Å². The molecule has 0 spiro atoms. The van der Waals surface area contributed by atoms with Gasteiger partial charge in [0.25, 0.3) is 0 Å². The van der Waals surface area contributed by atoms with E-state index in [9.17, 15) is 8.42 Å². The molecule has 3 rings (SSSR count). The van der Waals surface area contributed by atoms with Crippen LogP contribution in [0.3, 0.4) is 0 Å². The van der Waals surface area contributed by atoms with Crippen molar-refractivity contribution in [2.24, 2.45) is 5.92 Å². The molecule has 22 heavy (non-hydrogen) atoms. The second-order valence-corrected chi connectivity index (χ2v) is 7.65. The molecule has 1 atom stereocenters. The zero-order valence-corrected chi connectivity index (χ0v) is 13.3. The fourth-order valence-corrected chi connectivity index (χ4v) is 3.26. The molecule has 0 radical (unpaired) electrons. The molecule has 7 heteroatoms. The van der Waals surface area contributed by atoms with Gasteiger partial charge in [-0.15, -0.1) is 0 Å². The van der Waals surface area contributed by atoms with Gasteiger partial charge in [-0.25, -0.2) is 18.4 Å². The maximum atomic E-state index is 11.7. The largest absolute Gasteiger partial charge is 0.381 e. The highest BCUT2D eigenvalue weighted by Crippen LogP contribution is 2.23. The van der Waals surface area contributed by atoms with Crippen molar-refractivity contribution in [1.29, 1.82) is 0 Å². The Bertz CT molecular complexity index is 771. The Morgan fingerprint density at radius 3 is 2.95 bits per heavy atom. The van der Waals surface area contributed by atoms with Crippen molar-refractivity contribution in [2.45, 2.75) is 17.7 Å². The van der Waals surface area contributed by atoms with Crippen LogP contribution in [0.2, 0.25) is 0 Å². The van der Waals surface area contributed by atoms with Crippen LogP contribution < -0.4 is 5.32 Å². The first kappa shape index (κ1) is 15.2. The van der Waals surface area contributed by atoms with Gasteiger partial charge in [0.1, 0.15) is 12.1 Å². The van der Waals surface area contributed by atoms with Gasteiger partial charge in [-0.1, -0.05) is 0 Å². The summed E-state index contributed by atoms with van der Waals surface area (Å²) in [4.78, 5) is 8.72. The van der Waals surface area contributed by atoms with Crippen molar-refractivity contribution in [3.8, 4) is 0 Å². The van der Waals surface area contributed by atoms with E-state index >= 15 is 0 Å². The van der Waals surface area contributed by atoms with Gasteiger partial charge in [-0.2, -0.15) is 0 Å². The number of fused-ring (bicyclic) bond motifs is 1. The lowest BCUT2D eigenvalue weighted by molar-refractivity contribution is 0.0595. The van der Waals surface area contributed by atoms with Crippen LogP contribution in [0.1, 0.15) is 12.8 Å². The molecule has 2 heterocycles. The number of hydrogen-bond acceptors (Lipinski definition) is 6. The highest BCUT2D eigenvalue weighted by atomic mass is 32.2. The van der Waals surface area contributed by atoms with Crippen LogP contribution in [0, 0.1) is 5.92 Å². The number of aromatic nitrogens is 2. The van der Waals surface area contributed by atoms with Gasteiger partial charge in [0, 0.05) is 24.8 Å². The maximum Gasteiger partial charge on any atom is 0.175 e. The average Bonchev–Trinajstić information content (AvgIpc) is 2.52. The lowest BCUT2D eigenvalue weighted by Gasteiger charge is -2.22. The topological polar surface area (TPSA) is 81.2 Å². The lowest BCUT2D eigenvalue weighted by atomic mass is 10.0. The van der Waals surface area contributed by atoms with Crippen molar-refractivity contribution in [1.82, 2.24) is 9.97 Å². The number of ether oxygens (including phenoxy) is 1. The van der Waals surface area contributed by atoms with Gasteiger partial charge in [0.2, 0.25) is 0 Å². The van der Waals surface area contributed by atoms with Crippen molar-refractivity contribution in [3.63, 3.8) is 0 Å². The second kappa shape index (κ2) is 6.18. The first-order valence-corrected chi connectivity index (χ1v) is 9.19. The number of sulfone groups is 1. The molecule has 6 nitrogen and oxygen atoms in total. The lowest BCUT2D eigenvalue weighted by Crippen LogP contribution is -2.24. The third-order valence-corrected chi connectivity index (χ3v) is 4.96. The van der Waals surface area contributed by atoms with Crippen LogP contribution in [-0.2, 0) is 14.6 Å². The molecule has 1 fully saturated rings. The minimum absolute atomic E-state index is 0.277. The van der Waals surface area contributed by atoms with E-state index < -0.39 is 9.84 Å². The standard InChI is InChI=1S/C15H19N3O3S/c1-22(19,20)12-4-5-14-13(7-12)15(18-10-17-14)16-8-11-3-2-6-21-9-11/h4-5,7,10-11H,2-3,6,8-9H2,1H3,(H,16,17,18). The summed E-state index contributed by atoms with van der Waals surface area (Å²) < 4.78 is 28.9. The third-order valence-electron chi connectivity index (χ3n) is 3.85. The van der Waals surface area contributed by atoms with Crippen LogP contribution in [0.4, 0.5) is 5.82 Å². The molecule has 118 valence electrons. The zero-order chi connectivity index (χ0) is 15.6. The molecule has 2 aromatic rings. The van der Waals surface area contributed by atoms with Crippen LogP contribution in [0.5, 0.6) is 0 Å². The van der Waals surface area contributed by atoms with Crippen molar-refractivity contribution < 1.29 is 13.2 Å². The van der Waals surface area contributed by atoms with E-state index in [-0.39, 0.29) is 4.90 Å². The molecule has 0 amide bonds. The third kappa shape index (κ3) is 3.36. The minimum Gasteiger partial charge on any atom is -0.381 e. The quantitative estimate of drug-likeness (QED) is 0.926. The summed E-state index contributed by atoms with van der Waals surface area (Å²) in [6.07, 6.45) is 4.90. The summed E-state index contributed by atoms with van der Waals surface area (Å²) >= 11 is 0. The molecule has 0 bridgehead atoms. The van der Waals surface area contributed by atoms with Crippen molar-refractivity contribution >= 4 is 26.6 Å². The van der Waals surface area contributed by atoms with E-state index in [2.05, 4.69) is 15.3 Å². The number of anilines is 1. The smallest absolute Gasteiger partial charge is 0.175 e. The molecule has 0 saturated carbocycles. The molecule has 1 aromatic carbocycles. The van der Waals surface area contributed by atoms with E-state index in [0.29, 0.717) is 11.7 Å². The van der Waals surface area contributed by atoms with E-state index in [0.717, 1.165) is 43.5 Å². The SMILES string of the molecule is CS(=O)(=O)c1ccc2ncnc(NCC3CCCOC3)c2c1. The van der Waals surface area contributed by atoms with Crippen LogP contribution in [0.25, 0.3) is 10.9 Å². The summed E-state index contributed by atoms with van der Waals surface area (Å²) in [5.41, 5.74) is 0.727. The number of rotatable bonds is 4. The number of nitrogens with one attached hydrogen (secondary N) is 1. The maximum absolute atomic E-state index is 11.7. The summed E-state index contributed by atoms with van der Waals surface area (Å²) in [6.45, 7) is 2.35. The predicted molar refractivity (Wildman–Crippen MR) is 84.7 cm³/mol. The minimum atomic E-state index is -3.25. The number of nitrogens with zero attached hydrogens (tertiary/aromatic N) is 2. The van der Waals surface area contributed by atoms with Crippen LogP contribution >= 0.6 is 0 Å². The Balaban J connectivity index is 1.87. The van der Waals surface area contributed by atoms with Gasteiger partial charge in [-0.05, 0) is 37.0 Å². The summed E-state index contributed by atoms with van der Waals surface area (Å²) in [6, 6.07) is 4.91. The summed E-state index contributed by atoms with van der Waals surface area (Å²) in [5, 5.41) is 4.03. The second-order valence-electron chi connectivity index (χ2n) is 5.64. The molecule has 1 aromatic heterocycles. The molecule has 1 unspecified atom stereocenters. The summed E-state index contributed by atoms with van der Waals surface area (Å²) in [7, 11) is -3.25. The molecule has 1 aliphatic heterocycles. The number of hydrogen-bond donors (Lipinski definition) is 1. The predicted octanol–water partition coefficient (Wildman–Crippen LogP) is 1.87. The molecule has 1 saturated heterocycles. The Morgan fingerprint density at radius 1 is 1.36 bits per heavy atom. The van der Waals surface area contributed by atoms with E-state index in [1.807, 2.05) is 0 Å². The Morgan fingerprint density at radius 2 is 2.23 bits per heavy atom. The van der Waals surface area contributed by atoms with Crippen molar-refractivity contribution in [2.75, 3.05) is 31.3 Å². The van der Waals surface area contributed by atoms with Crippen LogP contribution in [-0.4, -0.2) is 44.4 Å². The highest BCUT2D eigenvalue weighted by Gasteiger charge is 2.15. The average molecular weight is 321 g/mol. The van der Waals surface area contributed by atoms with E-state index in [4.69, 9.17) is 4.74 Å². The Labute approximate surface area is 129 Å². The first-order chi connectivity index (χ1) is 10.5. The van der Waals surface area contributed by atoms with Crippen LogP contribution in [0.15, 0.2) is 29.4 Å². The highest BCUT2D eigenvalue weighted by molar-refractivity contribution is 7.90. The molecule has 0 aliphatic carbocycles. The van der Waals surface area contributed by atoms with Gasteiger partial charge < -0.3 is 10.1 Å². The van der Waals surface area contributed by atoms with E-state index in [1.165, 1.54) is 12.6 Å². The van der Waals surface area contributed by atoms with Gasteiger partial charge in [0.15, 0.2) is 9.84 Å². The zero-order valence-electron chi connectivity index (χ0n) is 12.4. The van der Waals surface area contributed by atoms with Gasteiger partial charge in [-0.3, -0.25) is 0 Å². The number of benzene rings is 1. The monoisotopic (exact) mass is 321 g/mol. The molecule has 1 aliphatic rings. The first-order valence-electron chi connectivity index (χ1n) is 7.30. The fraction of sp³-hybridized carbons (Fsp3) is 0.467. The molecule has 1 N–H and O–H groups in total.